The Morgan fingerprint density at radius 1 is 0.560 bits per heavy atom. The number of alkyl halides is 6. The Morgan fingerprint density at radius 3 is 1.16 bits per heavy atom. The van der Waals surface area contributed by atoms with Crippen molar-refractivity contribution in [1.82, 2.24) is 0 Å². The molecule has 2 aromatic carbocycles. The van der Waals surface area contributed by atoms with Gasteiger partial charge in [0.2, 0.25) is 0 Å². The standard InChI is InChI=1S/2C6H5.2C3H4F3.Sn/c2*1-2-4-6-5-3-1;2*1-2-3(4,5)6;/h2*1-5H;2*1-2H2;. The van der Waals surface area contributed by atoms with E-state index in [0.29, 0.717) is 7.16 Å². The van der Waals surface area contributed by atoms with Crippen LogP contribution in [0.4, 0.5) is 26.3 Å². The maximum atomic E-state index is 12.9. The van der Waals surface area contributed by atoms with Gasteiger partial charge >= 0.3 is 147 Å². The van der Waals surface area contributed by atoms with Gasteiger partial charge < -0.3 is 0 Å². The Balaban J connectivity index is 2.52. The van der Waals surface area contributed by atoms with Gasteiger partial charge in [-0.2, -0.15) is 0 Å². The Labute approximate surface area is 146 Å². The minimum atomic E-state index is -4.38. The van der Waals surface area contributed by atoms with Crippen LogP contribution in [0.5, 0.6) is 0 Å². The minimum absolute atomic E-state index is 0.220. The van der Waals surface area contributed by atoms with Crippen LogP contribution in [0, 0.1) is 0 Å². The van der Waals surface area contributed by atoms with Crippen LogP contribution >= 0.6 is 0 Å². The molecule has 0 nitrogen and oxygen atoms in total. The zero-order valence-electron chi connectivity index (χ0n) is 13.4. The van der Waals surface area contributed by atoms with Crippen LogP contribution in [0.25, 0.3) is 0 Å². The molecule has 0 amide bonds. The van der Waals surface area contributed by atoms with E-state index in [2.05, 4.69) is 0 Å². The summed E-state index contributed by atoms with van der Waals surface area (Å²) in [4.78, 5) is 0. The van der Waals surface area contributed by atoms with E-state index < -0.39 is 43.6 Å². The first-order valence-electron chi connectivity index (χ1n) is 7.87. The molecule has 0 aliphatic heterocycles. The third-order valence-corrected chi connectivity index (χ3v) is 18.8. The molecule has 0 N–H and O–H groups in total. The zero-order chi connectivity index (χ0) is 18.6. The first-order valence-corrected chi connectivity index (χ1v) is 14.8. The summed E-state index contributed by atoms with van der Waals surface area (Å²) in [5, 5.41) is 0. The van der Waals surface area contributed by atoms with E-state index in [1.807, 2.05) is 0 Å². The van der Waals surface area contributed by atoms with E-state index in [0.717, 1.165) is 0 Å². The van der Waals surface area contributed by atoms with E-state index in [9.17, 15) is 26.3 Å². The van der Waals surface area contributed by atoms with Crippen LogP contribution in [0.2, 0.25) is 8.87 Å². The molecule has 0 saturated heterocycles. The van der Waals surface area contributed by atoms with Crippen molar-refractivity contribution >= 4 is 25.5 Å². The molecule has 0 radical (unpaired) electrons. The van der Waals surface area contributed by atoms with Crippen LogP contribution in [0.1, 0.15) is 12.8 Å². The van der Waals surface area contributed by atoms with E-state index in [4.69, 9.17) is 0 Å². The molecule has 2 rings (SSSR count). The van der Waals surface area contributed by atoms with Crippen LogP contribution < -0.4 is 7.16 Å². The molecule has 25 heavy (non-hydrogen) atoms. The zero-order valence-corrected chi connectivity index (χ0v) is 16.2. The van der Waals surface area contributed by atoms with Gasteiger partial charge in [-0.1, -0.05) is 0 Å². The Kier molecular flexibility index (Phi) is 6.45. The SMILES string of the molecule is FC(F)(F)C[CH2][Sn]([CH2]CC(F)(F)F)([c]1ccccc1)[c]1ccccc1. The molecule has 7 heteroatoms. The van der Waals surface area contributed by atoms with Crippen LogP contribution in [-0.2, 0) is 0 Å². The molecule has 0 saturated carbocycles. The second kappa shape index (κ2) is 8.01. The summed E-state index contributed by atoms with van der Waals surface area (Å²) < 4.78 is 78.3. The number of hydrogen-bond donors (Lipinski definition) is 0. The van der Waals surface area contributed by atoms with Gasteiger partial charge in [0.25, 0.3) is 0 Å². The predicted octanol–water partition coefficient (Wildman–Crippen LogP) is 5.15. The summed E-state index contributed by atoms with van der Waals surface area (Å²) in [5.74, 6) is 0. The number of hydrogen-bond acceptors (Lipinski definition) is 0. The summed E-state index contributed by atoms with van der Waals surface area (Å²) in [6, 6.07) is 16.9. The topological polar surface area (TPSA) is 0 Å². The molecule has 0 heterocycles. The Morgan fingerprint density at radius 2 is 0.880 bits per heavy atom. The van der Waals surface area contributed by atoms with Gasteiger partial charge in [-0.3, -0.25) is 0 Å². The van der Waals surface area contributed by atoms with Crippen molar-refractivity contribution in [2.24, 2.45) is 0 Å². The van der Waals surface area contributed by atoms with Gasteiger partial charge in [0, 0.05) is 0 Å². The fourth-order valence-corrected chi connectivity index (χ4v) is 16.8. The summed E-state index contributed by atoms with van der Waals surface area (Å²) >= 11 is -4.16. The molecule has 0 bridgehead atoms. The van der Waals surface area contributed by atoms with Gasteiger partial charge in [-0.05, 0) is 0 Å². The van der Waals surface area contributed by atoms with E-state index in [1.54, 1.807) is 60.7 Å². The summed E-state index contributed by atoms with van der Waals surface area (Å²) in [6.07, 6.45) is -10.9. The molecular weight excluding hydrogens is 449 g/mol. The molecule has 0 atom stereocenters. The number of halogens is 6. The third kappa shape index (κ3) is 5.94. The quantitative estimate of drug-likeness (QED) is 0.407. The van der Waals surface area contributed by atoms with Gasteiger partial charge in [-0.15, -0.1) is 0 Å². The van der Waals surface area contributed by atoms with E-state index >= 15 is 0 Å². The molecule has 0 unspecified atom stereocenters. The van der Waals surface area contributed by atoms with Crippen molar-refractivity contribution in [3.8, 4) is 0 Å². The molecule has 0 aromatic heterocycles. The van der Waals surface area contributed by atoms with E-state index in [-0.39, 0.29) is 8.87 Å². The van der Waals surface area contributed by atoms with Crippen molar-refractivity contribution in [3.05, 3.63) is 60.7 Å². The van der Waals surface area contributed by atoms with Crippen LogP contribution in [0.15, 0.2) is 60.7 Å². The second-order valence-corrected chi connectivity index (χ2v) is 18.4. The normalized spacial score (nSPS) is 13.0. The number of benzene rings is 2. The van der Waals surface area contributed by atoms with Gasteiger partial charge in [0.15, 0.2) is 0 Å². The average Bonchev–Trinajstić information content (AvgIpc) is 2.55. The van der Waals surface area contributed by atoms with Crippen molar-refractivity contribution < 1.29 is 26.3 Å². The molecule has 0 spiro atoms. The van der Waals surface area contributed by atoms with Crippen molar-refractivity contribution in [2.45, 2.75) is 34.1 Å². The fourth-order valence-electron chi connectivity index (χ4n) is 3.09. The molecule has 2 aromatic rings. The van der Waals surface area contributed by atoms with Crippen LogP contribution in [-0.4, -0.2) is 30.7 Å². The molecule has 0 aliphatic carbocycles. The van der Waals surface area contributed by atoms with Crippen molar-refractivity contribution in [1.29, 1.82) is 0 Å². The molecule has 136 valence electrons. The summed E-state index contributed by atoms with van der Waals surface area (Å²) in [6.45, 7) is 0. The predicted molar refractivity (Wildman–Crippen MR) is 88.9 cm³/mol. The Hall–Kier alpha value is -1.18. The second-order valence-electron chi connectivity index (χ2n) is 6.04. The first-order chi connectivity index (χ1) is 11.6. The number of rotatable bonds is 6. The van der Waals surface area contributed by atoms with Gasteiger partial charge in [0.1, 0.15) is 0 Å². The summed E-state index contributed by atoms with van der Waals surface area (Å²) in [5.41, 5.74) is 0. The molecule has 0 aliphatic rings. The van der Waals surface area contributed by atoms with Crippen molar-refractivity contribution in [3.63, 3.8) is 0 Å². The van der Waals surface area contributed by atoms with Crippen LogP contribution in [0.3, 0.4) is 0 Å². The van der Waals surface area contributed by atoms with Gasteiger partial charge in [0.05, 0.1) is 0 Å². The van der Waals surface area contributed by atoms with Gasteiger partial charge in [-0.25, -0.2) is 0 Å². The monoisotopic (exact) mass is 468 g/mol. The van der Waals surface area contributed by atoms with Crippen molar-refractivity contribution in [2.75, 3.05) is 0 Å². The molecule has 0 fully saturated rings. The Bertz CT molecular complexity index is 589. The first kappa shape index (κ1) is 20.1. The molecular formula is C18H18F6Sn. The fraction of sp³-hybridized carbons (Fsp3) is 0.333. The average molecular weight is 467 g/mol. The summed E-state index contributed by atoms with van der Waals surface area (Å²) in [7, 11) is 0. The van der Waals surface area contributed by atoms with E-state index in [1.165, 1.54) is 0 Å². The maximum absolute atomic E-state index is 12.9. The third-order valence-electron chi connectivity index (χ3n) is 4.32.